The van der Waals surface area contributed by atoms with E-state index in [9.17, 15) is 9.59 Å². The number of carbonyl (C=O) groups excluding carboxylic acids is 1. The molecule has 0 aliphatic carbocycles. The van der Waals surface area contributed by atoms with Gasteiger partial charge in [0.1, 0.15) is 0 Å². The van der Waals surface area contributed by atoms with Gasteiger partial charge >= 0.3 is 5.97 Å². The summed E-state index contributed by atoms with van der Waals surface area (Å²) in [6, 6.07) is 7.00. The summed E-state index contributed by atoms with van der Waals surface area (Å²) in [6.07, 6.45) is 2.72. The maximum atomic E-state index is 12.5. The van der Waals surface area contributed by atoms with E-state index >= 15 is 0 Å². The third-order valence-electron chi connectivity index (χ3n) is 4.02. The number of hydrogen-bond donors (Lipinski definition) is 3. The summed E-state index contributed by atoms with van der Waals surface area (Å²) in [5.74, 6) is -0.800. The average Bonchev–Trinajstić information content (AvgIpc) is 2.91. The zero-order valence-electron chi connectivity index (χ0n) is 12.3. The minimum Gasteiger partial charge on any atom is -0.481 e. The van der Waals surface area contributed by atoms with Crippen LogP contribution in [0.2, 0.25) is 0 Å². The molecule has 0 aromatic heterocycles. The number of benzene rings is 1. The van der Waals surface area contributed by atoms with Crippen molar-refractivity contribution in [2.75, 3.05) is 18.4 Å². The van der Waals surface area contributed by atoms with Crippen molar-refractivity contribution in [2.45, 2.75) is 32.6 Å². The zero-order chi connectivity index (χ0) is 15.3. The molecule has 2 rings (SSSR count). The van der Waals surface area contributed by atoms with Crippen LogP contribution in [0.3, 0.4) is 0 Å². The Labute approximate surface area is 124 Å². The van der Waals surface area contributed by atoms with Crippen LogP contribution in [0.1, 0.15) is 31.7 Å². The number of carbonyl (C=O) groups is 2. The molecule has 1 aromatic carbocycles. The Morgan fingerprint density at radius 3 is 2.57 bits per heavy atom. The van der Waals surface area contributed by atoms with Gasteiger partial charge in [0.15, 0.2) is 0 Å². The first-order valence-electron chi connectivity index (χ1n) is 7.39. The van der Waals surface area contributed by atoms with E-state index in [1.807, 2.05) is 0 Å². The zero-order valence-corrected chi connectivity index (χ0v) is 12.3. The molecule has 1 aliphatic rings. The highest BCUT2D eigenvalue weighted by Gasteiger charge is 2.40. The van der Waals surface area contributed by atoms with Crippen LogP contribution in [-0.4, -0.2) is 30.1 Å². The largest absolute Gasteiger partial charge is 0.481 e. The molecule has 1 aliphatic heterocycles. The van der Waals surface area contributed by atoms with Gasteiger partial charge in [-0.2, -0.15) is 0 Å². The molecule has 0 saturated carbocycles. The predicted molar refractivity (Wildman–Crippen MR) is 81.2 cm³/mol. The number of rotatable bonds is 6. The minimum absolute atomic E-state index is 0.00206. The third kappa shape index (κ3) is 3.82. The van der Waals surface area contributed by atoms with E-state index in [2.05, 4.69) is 17.6 Å². The molecule has 0 radical (unpaired) electrons. The third-order valence-corrected chi connectivity index (χ3v) is 4.02. The summed E-state index contributed by atoms with van der Waals surface area (Å²) in [7, 11) is 0. The molecule has 1 aromatic rings. The van der Waals surface area contributed by atoms with Crippen molar-refractivity contribution in [3.05, 3.63) is 29.8 Å². The Morgan fingerprint density at radius 2 is 2.05 bits per heavy atom. The predicted octanol–water partition coefficient (Wildman–Crippen LogP) is 2.03. The summed E-state index contributed by atoms with van der Waals surface area (Å²) in [5, 5.41) is 15.0. The smallest absolute Gasteiger partial charge is 0.307 e. The van der Waals surface area contributed by atoms with Gasteiger partial charge in [0.2, 0.25) is 5.91 Å². The van der Waals surface area contributed by atoms with Gasteiger partial charge in [-0.25, -0.2) is 0 Å². The van der Waals surface area contributed by atoms with Crippen molar-refractivity contribution in [1.29, 1.82) is 0 Å². The summed E-state index contributed by atoms with van der Waals surface area (Å²) in [4.78, 5) is 23.2. The summed E-state index contributed by atoms with van der Waals surface area (Å²) in [6.45, 7) is 3.70. The first-order valence-corrected chi connectivity index (χ1v) is 7.39. The lowest BCUT2D eigenvalue weighted by atomic mass is 9.81. The first kappa shape index (κ1) is 15.5. The van der Waals surface area contributed by atoms with Gasteiger partial charge in [-0.15, -0.1) is 0 Å². The highest BCUT2D eigenvalue weighted by molar-refractivity contribution is 5.95. The Balaban J connectivity index is 2.03. The van der Waals surface area contributed by atoms with E-state index in [1.54, 1.807) is 24.3 Å². The topological polar surface area (TPSA) is 78.4 Å². The summed E-state index contributed by atoms with van der Waals surface area (Å²) < 4.78 is 0. The maximum absolute atomic E-state index is 12.5. The Bertz CT molecular complexity index is 505. The molecule has 5 nitrogen and oxygen atoms in total. The first-order chi connectivity index (χ1) is 10.1. The molecule has 1 atom stereocenters. The van der Waals surface area contributed by atoms with Crippen LogP contribution < -0.4 is 10.6 Å². The molecule has 114 valence electrons. The monoisotopic (exact) mass is 290 g/mol. The second kappa shape index (κ2) is 6.72. The number of hydrogen-bond acceptors (Lipinski definition) is 3. The lowest BCUT2D eigenvalue weighted by Gasteiger charge is -2.26. The molecular weight excluding hydrogens is 268 g/mol. The van der Waals surface area contributed by atoms with Crippen LogP contribution in [0.25, 0.3) is 0 Å². The molecule has 0 bridgehead atoms. The highest BCUT2D eigenvalue weighted by atomic mass is 16.4. The van der Waals surface area contributed by atoms with Gasteiger partial charge < -0.3 is 15.7 Å². The molecule has 1 heterocycles. The normalized spacial score (nSPS) is 21.2. The molecule has 21 heavy (non-hydrogen) atoms. The Morgan fingerprint density at radius 1 is 1.33 bits per heavy atom. The standard InChI is InChI=1S/C16H22N2O3/c1-2-7-16(8-9-17-11-16)15(21)18-13-5-3-12(4-6-13)10-14(19)20/h3-6,17H,2,7-11H2,1H3,(H,18,21)(H,19,20). The summed E-state index contributed by atoms with van der Waals surface area (Å²) >= 11 is 0. The van der Waals surface area contributed by atoms with Gasteiger partial charge in [0.05, 0.1) is 11.8 Å². The fourth-order valence-corrected chi connectivity index (χ4v) is 2.89. The van der Waals surface area contributed by atoms with Crippen molar-refractivity contribution in [3.63, 3.8) is 0 Å². The van der Waals surface area contributed by atoms with E-state index in [4.69, 9.17) is 5.11 Å². The number of nitrogens with one attached hydrogen (secondary N) is 2. The molecule has 1 unspecified atom stereocenters. The van der Waals surface area contributed by atoms with Crippen molar-refractivity contribution in [1.82, 2.24) is 5.32 Å². The van der Waals surface area contributed by atoms with Crippen LogP contribution in [0, 0.1) is 5.41 Å². The quantitative estimate of drug-likeness (QED) is 0.749. The van der Waals surface area contributed by atoms with Crippen LogP contribution in [0.15, 0.2) is 24.3 Å². The van der Waals surface area contributed by atoms with E-state index in [-0.39, 0.29) is 17.7 Å². The van der Waals surface area contributed by atoms with Crippen molar-refractivity contribution in [3.8, 4) is 0 Å². The number of anilines is 1. The molecular formula is C16H22N2O3. The fourth-order valence-electron chi connectivity index (χ4n) is 2.89. The summed E-state index contributed by atoms with van der Waals surface area (Å²) in [5.41, 5.74) is 1.14. The number of carboxylic acids is 1. The average molecular weight is 290 g/mol. The van der Waals surface area contributed by atoms with E-state index in [0.717, 1.165) is 43.6 Å². The van der Waals surface area contributed by atoms with Crippen molar-refractivity contribution < 1.29 is 14.7 Å². The SMILES string of the molecule is CCCC1(C(=O)Nc2ccc(CC(=O)O)cc2)CCNC1. The lowest BCUT2D eigenvalue weighted by Crippen LogP contribution is -2.38. The van der Waals surface area contributed by atoms with Crippen molar-refractivity contribution >= 4 is 17.6 Å². The van der Waals surface area contributed by atoms with Gasteiger partial charge in [-0.3, -0.25) is 9.59 Å². The Kier molecular flexibility index (Phi) is 4.96. The van der Waals surface area contributed by atoms with E-state index in [1.165, 1.54) is 0 Å². The maximum Gasteiger partial charge on any atom is 0.307 e. The lowest BCUT2D eigenvalue weighted by molar-refractivity contribution is -0.136. The number of aliphatic carboxylic acids is 1. The van der Waals surface area contributed by atoms with Crippen LogP contribution >= 0.6 is 0 Å². The molecule has 1 amide bonds. The fraction of sp³-hybridized carbons (Fsp3) is 0.500. The molecule has 0 spiro atoms. The molecule has 1 fully saturated rings. The van der Waals surface area contributed by atoms with E-state index in [0.29, 0.717) is 0 Å². The number of amides is 1. The number of carboxylic acid groups (broad SMARTS) is 1. The van der Waals surface area contributed by atoms with Crippen LogP contribution in [-0.2, 0) is 16.0 Å². The van der Waals surface area contributed by atoms with E-state index < -0.39 is 5.97 Å². The molecule has 3 N–H and O–H groups in total. The van der Waals surface area contributed by atoms with Gasteiger partial charge in [0.25, 0.3) is 0 Å². The van der Waals surface area contributed by atoms with Crippen LogP contribution in [0.4, 0.5) is 5.69 Å². The van der Waals surface area contributed by atoms with Gasteiger partial charge in [-0.05, 0) is 37.1 Å². The van der Waals surface area contributed by atoms with Gasteiger partial charge in [-0.1, -0.05) is 25.5 Å². The Hall–Kier alpha value is -1.88. The second-order valence-electron chi connectivity index (χ2n) is 5.68. The van der Waals surface area contributed by atoms with Gasteiger partial charge in [0, 0.05) is 12.2 Å². The molecule has 5 heteroatoms. The molecule has 1 saturated heterocycles. The minimum atomic E-state index is -0.856. The van der Waals surface area contributed by atoms with Crippen molar-refractivity contribution in [2.24, 2.45) is 5.41 Å². The highest BCUT2D eigenvalue weighted by Crippen LogP contribution is 2.32. The second-order valence-corrected chi connectivity index (χ2v) is 5.68. The van der Waals surface area contributed by atoms with Crippen LogP contribution in [0.5, 0.6) is 0 Å².